The van der Waals surface area contributed by atoms with Crippen molar-refractivity contribution in [2.45, 2.75) is 25.8 Å². The van der Waals surface area contributed by atoms with Crippen molar-refractivity contribution < 1.29 is 9.90 Å². The van der Waals surface area contributed by atoms with Gasteiger partial charge in [0, 0.05) is 6.20 Å². The molecule has 8 heteroatoms. The monoisotopic (exact) mass is 265 g/mol. The number of thiazole rings is 1. The van der Waals surface area contributed by atoms with E-state index in [2.05, 4.69) is 20.5 Å². The van der Waals surface area contributed by atoms with Crippen molar-refractivity contribution >= 4 is 17.3 Å². The standard InChI is InChI=1S/C10H11N5O2S/c16-9(17)10(2-1-3-10)5-15-8(12-13-14-15)7-4-11-6-18-7/h4,6H,1-3,5H2,(H,16,17). The van der Waals surface area contributed by atoms with Gasteiger partial charge < -0.3 is 5.11 Å². The Bertz CT molecular complexity index is 561. The van der Waals surface area contributed by atoms with Gasteiger partial charge in [0.2, 0.25) is 0 Å². The van der Waals surface area contributed by atoms with Crippen LogP contribution < -0.4 is 0 Å². The predicted molar refractivity (Wildman–Crippen MR) is 62.8 cm³/mol. The first kappa shape index (κ1) is 11.3. The Hall–Kier alpha value is -1.83. The molecule has 0 amide bonds. The molecule has 1 aliphatic rings. The molecule has 94 valence electrons. The van der Waals surface area contributed by atoms with E-state index in [9.17, 15) is 9.90 Å². The van der Waals surface area contributed by atoms with Crippen LogP contribution in [0.3, 0.4) is 0 Å². The lowest BCUT2D eigenvalue weighted by Crippen LogP contribution is -2.42. The lowest BCUT2D eigenvalue weighted by atomic mass is 9.69. The lowest BCUT2D eigenvalue weighted by molar-refractivity contribution is -0.156. The number of carboxylic acid groups (broad SMARTS) is 1. The normalized spacial score (nSPS) is 17.3. The van der Waals surface area contributed by atoms with Crippen molar-refractivity contribution in [2.24, 2.45) is 5.41 Å². The first-order valence-electron chi connectivity index (χ1n) is 5.60. The van der Waals surface area contributed by atoms with Gasteiger partial charge in [0.25, 0.3) is 0 Å². The number of hydrogen-bond acceptors (Lipinski definition) is 6. The van der Waals surface area contributed by atoms with Crippen LogP contribution in [0.5, 0.6) is 0 Å². The van der Waals surface area contributed by atoms with Gasteiger partial charge >= 0.3 is 5.97 Å². The number of carboxylic acids is 1. The van der Waals surface area contributed by atoms with Crippen LogP contribution in [0.15, 0.2) is 11.7 Å². The van der Waals surface area contributed by atoms with Crippen LogP contribution in [0.25, 0.3) is 10.7 Å². The van der Waals surface area contributed by atoms with E-state index >= 15 is 0 Å². The van der Waals surface area contributed by atoms with Crippen molar-refractivity contribution in [3.8, 4) is 10.7 Å². The van der Waals surface area contributed by atoms with Crippen LogP contribution in [-0.4, -0.2) is 36.3 Å². The topological polar surface area (TPSA) is 93.8 Å². The fraction of sp³-hybridized carbons (Fsp3) is 0.500. The van der Waals surface area contributed by atoms with Crippen molar-refractivity contribution in [3.05, 3.63) is 11.7 Å². The van der Waals surface area contributed by atoms with E-state index in [0.29, 0.717) is 25.2 Å². The van der Waals surface area contributed by atoms with Crippen LogP contribution >= 0.6 is 11.3 Å². The number of nitrogens with zero attached hydrogens (tertiary/aromatic N) is 5. The van der Waals surface area contributed by atoms with Gasteiger partial charge in [-0.1, -0.05) is 6.42 Å². The molecule has 2 aromatic heterocycles. The largest absolute Gasteiger partial charge is 0.481 e. The molecule has 0 aromatic carbocycles. The molecule has 0 saturated heterocycles. The Kier molecular flexibility index (Phi) is 2.58. The summed E-state index contributed by atoms with van der Waals surface area (Å²) in [4.78, 5) is 16.2. The van der Waals surface area contributed by atoms with E-state index in [1.165, 1.54) is 11.3 Å². The second kappa shape index (κ2) is 4.13. The fourth-order valence-electron chi connectivity index (χ4n) is 2.14. The summed E-state index contributed by atoms with van der Waals surface area (Å²) in [5.74, 6) is -0.176. The summed E-state index contributed by atoms with van der Waals surface area (Å²) in [5, 5.41) is 20.8. The van der Waals surface area contributed by atoms with Crippen LogP contribution in [0.2, 0.25) is 0 Å². The SMILES string of the molecule is O=C(O)C1(Cn2nnnc2-c2cncs2)CCC1. The Balaban J connectivity index is 1.90. The molecule has 1 N–H and O–H groups in total. The molecule has 3 rings (SSSR count). The minimum absolute atomic E-state index is 0.322. The van der Waals surface area contributed by atoms with Crippen LogP contribution in [0.4, 0.5) is 0 Å². The molecule has 2 heterocycles. The maximum Gasteiger partial charge on any atom is 0.311 e. The number of hydrogen-bond donors (Lipinski definition) is 1. The quantitative estimate of drug-likeness (QED) is 0.888. The van der Waals surface area contributed by atoms with E-state index in [-0.39, 0.29) is 0 Å². The van der Waals surface area contributed by atoms with Gasteiger partial charge in [-0.15, -0.1) is 16.4 Å². The molecule has 0 aliphatic heterocycles. The van der Waals surface area contributed by atoms with Gasteiger partial charge in [0.15, 0.2) is 5.82 Å². The summed E-state index contributed by atoms with van der Waals surface area (Å²) in [6.07, 6.45) is 4.00. The number of aromatic nitrogens is 5. The minimum atomic E-state index is -0.764. The molecule has 0 bridgehead atoms. The Labute approximate surface area is 106 Å². The number of tetrazole rings is 1. The maximum atomic E-state index is 11.3. The van der Waals surface area contributed by atoms with Crippen LogP contribution in [-0.2, 0) is 11.3 Å². The van der Waals surface area contributed by atoms with Gasteiger partial charge in [0.05, 0.1) is 22.3 Å². The van der Waals surface area contributed by atoms with E-state index < -0.39 is 11.4 Å². The summed E-state index contributed by atoms with van der Waals surface area (Å²) >= 11 is 1.43. The minimum Gasteiger partial charge on any atom is -0.481 e. The molecule has 0 spiro atoms. The van der Waals surface area contributed by atoms with Crippen molar-refractivity contribution in [2.75, 3.05) is 0 Å². The smallest absolute Gasteiger partial charge is 0.311 e. The van der Waals surface area contributed by atoms with Gasteiger partial charge in [0.1, 0.15) is 0 Å². The van der Waals surface area contributed by atoms with Crippen LogP contribution in [0.1, 0.15) is 19.3 Å². The zero-order chi connectivity index (χ0) is 12.6. The van der Waals surface area contributed by atoms with Crippen molar-refractivity contribution in [1.82, 2.24) is 25.2 Å². The average molecular weight is 265 g/mol. The fourth-order valence-corrected chi connectivity index (χ4v) is 2.75. The van der Waals surface area contributed by atoms with E-state index in [4.69, 9.17) is 0 Å². The average Bonchev–Trinajstić information content (AvgIpc) is 2.93. The summed E-state index contributed by atoms with van der Waals surface area (Å²) in [7, 11) is 0. The molecule has 7 nitrogen and oxygen atoms in total. The number of rotatable bonds is 4. The summed E-state index contributed by atoms with van der Waals surface area (Å²) in [5.41, 5.74) is 0.999. The van der Waals surface area contributed by atoms with E-state index in [1.807, 2.05) is 0 Å². The molecular weight excluding hydrogens is 254 g/mol. The summed E-state index contributed by atoms with van der Waals surface area (Å²) < 4.78 is 1.57. The predicted octanol–water partition coefficient (Wildman–Crippen LogP) is 1.05. The highest BCUT2D eigenvalue weighted by molar-refractivity contribution is 7.13. The molecule has 18 heavy (non-hydrogen) atoms. The second-order valence-electron chi connectivity index (χ2n) is 4.46. The van der Waals surface area contributed by atoms with E-state index in [0.717, 1.165) is 11.3 Å². The van der Waals surface area contributed by atoms with Gasteiger partial charge in [-0.05, 0) is 23.3 Å². The summed E-state index contributed by atoms with van der Waals surface area (Å²) in [6.45, 7) is 0.322. The Morgan fingerprint density at radius 2 is 2.39 bits per heavy atom. The molecule has 0 unspecified atom stereocenters. The van der Waals surface area contributed by atoms with Gasteiger partial charge in [-0.3, -0.25) is 9.78 Å². The summed E-state index contributed by atoms with van der Waals surface area (Å²) in [6, 6.07) is 0. The third-order valence-electron chi connectivity index (χ3n) is 3.40. The van der Waals surface area contributed by atoms with Crippen LogP contribution in [0, 0.1) is 5.41 Å². The lowest BCUT2D eigenvalue weighted by Gasteiger charge is -2.37. The highest BCUT2D eigenvalue weighted by Crippen LogP contribution is 2.43. The molecule has 0 atom stereocenters. The molecule has 2 aromatic rings. The third-order valence-corrected chi connectivity index (χ3v) is 4.17. The molecule has 1 fully saturated rings. The second-order valence-corrected chi connectivity index (χ2v) is 5.35. The molecule has 1 saturated carbocycles. The Morgan fingerprint density at radius 1 is 1.56 bits per heavy atom. The van der Waals surface area contributed by atoms with Crippen molar-refractivity contribution in [3.63, 3.8) is 0 Å². The zero-order valence-corrected chi connectivity index (χ0v) is 10.3. The number of aliphatic carboxylic acids is 1. The maximum absolute atomic E-state index is 11.3. The highest BCUT2D eigenvalue weighted by Gasteiger charge is 2.45. The Morgan fingerprint density at radius 3 is 2.94 bits per heavy atom. The van der Waals surface area contributed by atoms with Gasteiger partial charge in [-0.2, -0.15) is 0 Å². The molecular formula is C10H11N5O2S. The number of carbonyl (C=O) groups is 1. The van der Waals surface area contributed by atoms with Gasteiger partial charge in [-0.25, -0.2) is 4.68 Å². The molecule has 1 aliphatic carbocycles. The zero-order valence-electron chi connectivity index (χ0n) is 9.48. The molecule has 0 radical (unpaired) electrons. The third kappa shape index (κ3) is 1.69. The van der Waals surface area contributed by atoms with Crippen molar-refractivity contribution in [1.29, 1.82) is 0 Å². The first-order chi connectivity index (χ1) is 8.71. The highest BCUT2D eigenvalue weighted by atomic mass is 32.1. The first-order valence-corrected chi connectivity index (χ1v) is 6.48. The van der Waals surface area contributed by atoms with E-state index in [1.54, 1.807) is 16.4 Å².